The Hall–Kier alpha value is -1.24. The number of carboxylic acids is 1. The summed E-state index contributed by atoms with van der Waals surface area (Å²) in [4.78, 5) is 10.5. The van der Waals surface area contributed by atoms with E-state index in [1.807, 2.05) is 0 Å². The average Bonchev–Trinajstić information content (AvgIpc) is 1.99. The van der Waals surface area contributed by atoms with Crippen molar-refractivity contribution in [1.29, 1.82) is 0 Å². The van der Waals surface area contributed by atoms with Crippen molar-refractivity contribution >= 4 is 21.9 Å². The number of aromatic carboxylic acids is 1. The van der Waals surface area contributed by atoms with E-state index in [1.54, 1.807) is 0 Å². The molecule has 0 spiro atoms. The van der Waals surface area contributed by atoms with E-state index >= 15 is 0 Å². The van der Waals surface area contributed by atoms with Gasteiger partial charge in [0.2, 0.25) is 0 Å². The molecule has 1 aromatic carbocycles. The molecule has 0 aliphatic heterocycles. The van der Waals surface area contributed by atoms with Gasteiger partial charge in [0.1, 0.15) is 5.75 Å². The van der Waals surface area contributed by atoms with E-state index in [1.165, 1.54) is 0 Å². The zero-order valence-corrected chi connectivity index (χ0v) is 8.59. The van der Waals surface area contributed by atoms with Gasteiger partial charge >= 0.3 is 12.3 Å². The summed E-state index contributed by atoms with van der Waals surface area (Å²) >= 11 is 2.83. The Labute approximate surface area is 90.6 Å². The van der Waals surface area contributed by atoms with E-state index in [0.717, 1.165) is 18.2 Å². The Morgan fingerprint density at radius 3 is 2.40 bits per heavy atom. The van der Waals surface area contributed by atoms with Crippen LogP contribution in [0, 0.1) is 0 Å². The van der Waals surface area contributed by atoms with Crippen LogP contribution in [0.25, 0.3) is 0 Å². The van der Waals surface area contributed by atoms with E-state index in [9.17, 15) is 18.0 Å². The molecule has 0 aliphatic carbocycles. The molecule has 1 N–H and O–H groups in total. The number of hydrogen-bond donors (Lipinski definition) is 1. The highest BCUT2D eigenvalue weighted by Gasteiger charge is 2.31. The standard InChI is InChI=1S/C8H4BrF3O3/c9-6-3-4(15-8(10,11)12)1-2-5(6)7(13)14/h1-3H,(H,13,14). The summed E-state index contributed by atoms with van der Waals surface area (Å²) in [7, 11) is 0. The van der Waals surface area contributed by atoms with Crippen LogP contribution in [-0.4, -0.2) is 17.4 Å². The first-order valence-electron chi connectivity index (χ1n) is 3.58. The van der Waals surface area contributed by atoms with Crippen molar-refractivity contribution in [2.24, 2.45) is 0 Å². The van der Waals surface area contributed by atoms with Gasteiger partial charge in [-0.25, -0.2) is 4.79 Å². The van der Waals surface area contributed by atoms with Gasteiger partial charge in [0.25, 0.3) is 0 Å². The van der Waals surface area contributed by atoms with Crippen molar-refractivity contribution in [3.63, 3.8) is 0 Å². The zero-order valence-electron chi connectivity index (χ0n) is 7.01. The van der Waals surface area contributed by atoms with Gasteiger partial charge in [0.05, 0.1) is 5.56 Å². The second-order valence-electron chi connectivity index (χ2n) is 2.49. The molecule has 0 bridgehead atoms. The van der Waals surface area contributed by atoms with E-state index in [-0.39, 0.29) is 10.0 Å². The van der Waals surface area contributed by atoms with Crippen LogP contribution < -0.4 is 4.74 Å². The van der Waals surface area contributed by atoms with Gasteiger partial charge in [0.15, 0.2) is 0 Å². The highest BCUT2D eigenvalue weighted by molar-refractivity contribution is 9.10. The number of hydrogen-bond acceptors (Lipinski definition) is 2. The van der Waals surface area contributed by atoms with Gasteiger partial charge in [-0.05, 0) is 34.1 Å². The van der Waals surface area contributed by atoms with Crippen LogP contribution in [0.1, 0.15) is 10.4 Å². The van der Waals surface area contributed by atoms with Gasteiger partial charge in [-0.2, -0.15) is 0 Å². The maximum Gasteiger partial charge on any atom is 0.573 e. The molecule has 0 saturated carbocycles. The van der Waals surface area contributed by atoms with Crippen molar-refractivity contribution in [1.82, 2.24) is 0 Å². The fraction of sp³-hybridized carbons (Fsp3) is 0.125. The van der Waals surface area contributed by atoms with Gasteiger partial charge < -0.3 is 9.84 Å². The van der Waals surface area contributed by atoms with Crippen molar-refractivity contribution in [2.45, 2.75) is 6.36 Å². The molecule has 3 nitrogen and oxygen atoms in total. The summed E-state index contributed by atoms with van der Waals surface area (Å²) < 4.78 is 39.0. The molecule has 0 aliphatic rings. The van der Waals surface area contributed by atoms with Crippen molar-refractivity contribution in [3.8, 4) is 5.75 Å². The molecule has 0 heterocycles. The molecule has 1 rings (SSSR count). The number of carboxylic acid groups (broad SMARTS) is 1. The average molecular weight is 285 g/mol. The SMILES string of the molecule is O=C(O)c1ccc(OC(F)(F)F)cc1Br. The summed E-state index contributed by atoms with van der Waals surface area (Å²) in [6.07, 6.45) is -4.79. The molecule has 7 heteroatoms. The van der Waals surface area contributed by atoms with Gasteiger partial charge in [0, 0.05) is 4.47 Å². The van der Waals surface area contributed by atoms with Crippen molar-refractivity contribution in [3.05, 3.63) is 28.2 Å². The summed E-state index contributed by atoms with van der Waals surface area (Å²) in [5, 5.41) is 8.60. The molecule has 15 heavy (non-hydrogen) atoms. The van der Waals surface area contributed by atoms with Gasteiger partial charge in [-0.3, -0.25) is 0 Å². The Bertz CT molecular complexity index is 389. The minimum Gasteiger partial charge on any atom is -0.478 e. The number of benzene rings is 1. The largest absolute Gasteiger partial charge is 0.573 e. The third-order valence-corrected chi connectivity index (χ3v) is 2.06. The van der Waals surface area contributed by atoms with Crippen LogP contribution in [0.5, 0.6) is 5.75 Å². The van der Waals surface area contributed by atoms with E-state index in [2.05, 4.69) is 20.7 Å². The van der Waals surface area contributed by atoms with Crippen LogP contribution in [0.15, 0.2) is 22.7 Å². The topological polar surface area (TPSA) is 46.5 Å². The van der Waals surface area contributed by atoms with E-state index < -0.39 is 18.1 Å². The lowest BCUT2D eigenvalue weighted by molar-refractivity contribution is -0.274. The number of ether oxygens (including phenoxy) is 1. The molecule has 0 amide bonds. The Balaban J connectivity index is 2.97. The zero-order chi connectivity index (χ0) is 11.6. The molecule has 0 unspecified atom stereocenters. The Kier molecular flexibility index (Phi) is 3.23. The van der Waals surface area contributed by atoms with Crippen molar-refractivity contribution in [2.75, 3.05) is 0 Å². The molecular formula is C8H4BrF3O3. The molecule has 1 aromatic rings. The molecule has 0 saturated heterocycles. The Morgan fingerprint density at radius 2 is 2.00 bits per heavy atom. The van der Waals surface area contributed by atoms with Crippen LogP contribution in [0.3, 0.4) is 0 Å². The minimum atomic E-state index is -4.79. The quantitative estimate of drug-likeness (QED) is 0.908. The number of alkyl halides is 3. The molecule has 0 aromatic heterocycles. The van der Waals surface area contributed by atoms with Crippen LogP contribution >= 0.6 is 15.9 Å². The second kappa shape index (κ2) is 4.09. The number of halogens is 4. The smallest absolute Gasteiger partial charge is 0.478 e. The van der Waals surface area contributed by atoms with Crippen LogP contribution in [0.4, 0.5) is 13.2 Å². The second-order valence-corrected chi connectivity index (χ2v) is 3.35. The Morgan fingerprint density at radius 1 is 1.40 bits per heavy atom. The number of carbonyl (C=O) groups is 1. The molecule has 82 valence electrons. The molecule has 0 radical (unpaired) electrons. The van der Waals surface area contributed by atoms with Crippen LogP contribution in [0.2, 0.25) is 0 Å². The predicted octanol–water partition coefficient (Wildman–Crippen LogP) is 3.05. The summed E-state index contributed by atoms with van der Waals surface area (Å²) in [5.74, 6) is -1.71. The fourth-order valence-electron chi connectivity index (χ4n) is 0.866. The monoisotopic (exact) mass is 284 g/mol. The summed E-state index contributed by atoms with van der Waals surface area (Å²) in [6, 6.07) is 2.89. The third kappa shape index (κ3) is 3.43. The summed E-state index contributed by atoms with van der Waals surface area (Å²) in [5.41, 5.74) is -0.135. The number of rotatable bonds is 2. The van der Waals surface area contributed by atoms with E-state index in [4.69, 9.17) is 5.11 Å². The maximum absolute atomic E-state index is 11.8. The van der Waals surface area contributed by atoms with Gasteiger partial charge in [-0.1, -0.05) is 0 Å². The fourth-order valence-corrected chi connectivity index (χ4v) is 1.39. The van der Waals surface area contributed by atoms with Crippen molar-refractivity contribution < 1.29 is 27.8 Å². The highest BCUT2D eigenvalue weighted by atomic mass is 79.9. The maximum atomic E-state index is 11.8. The first kappa shape index (κ1) is 11.8. The minimum absolute atomic E-state index is 0.0248. The summed E-state index contributed by atoms with van der Waals surface area (Å²) in [6.45, 7) is 0. The first-order chi connectivity index (χ1) is 6.79. The van der Waals surface area contributed by atoms with Crippen LogP contribution in [-0.2, 0) is 0 Å². The third-order valence-electron chi connectivity index (χ3n) is 1.40. The molecular weight excluding hydrogens is 281 g/mol. The molecule has 0 fully saturated rings. The lowest BCUT2D eigenvalue weighted by Gasteiger charge is -2.09. The van der Waals surface area contributed by atoms with E-state index in [0.29, 0.717) is 0 Å². The highest BCUT2D eigenvalue weighted by Crippen LogP contribution is 2.27. The van der Waals surface area contributed by atoms with Gasteiger partial charge in [-0.15, -0.1) is 13.2 Å². The lowest BCUT2D eigenvalue weighted by atomic mass is 10.2. The predicted molar refractivity (Wildman–Crippen MR) is 47.8 cm³/mol. The molecule has 0 atom stereocenters. The lowest BCUT2D eigenvalue weighted by Crippen LogP contribution is -2.17. The normalized spacial score (nSPS) is 11.2. The first-order valence-corrected chi connectivity index (χ1v) is 4.37.